The second-order valence-electron chi connectivity index (χ2n) is 6.18. The van der Waals surface area contributed by atoms with Crippen LogP contribution in [0.25, 0.3) is 0 Å². The molecule has 126 valence electrons. The fourth-order valence-electron chi connectivity index (χ4n) is 2.90. The van der Waals surface area contributed by atoms with E-state index in [1.54, 1.807) is 0 Å². The van der Waals surface area contributed by atoms with Crippen molar-refractivity contribution in [2.24, 2.45) is 11.8 Å². The summed E-state index contributed by atoms with van der Waals surface area (Å²) in [5, 5.41) is 0. The van der Waals surface area contributed by atoms with Crippen molar-refractivity contribution in [2.75, 3.05) is 18.2 Å². The van der Waals surface area contributed by atoms with Gasteiger partial charge in [0.25, 0.3) is 0 Å². The van der Waals surface area contributed by atoms with Gasteiger partial charge in [-0.05, 0) is 30.4 Å². The molecule has 1 aromatic rings. The van der Waals surface area contributed by atoms with Crippen LogP contribution in [0.1, 0.15) is 52.9 Å². The topological polar surface area (TPSA) is 3.24 Å². The maximum Gasteiger partial charge on any atom is 0.162 e. The first kappa shape index (κ1) is 18.9. The van der Waals surface area contributed by atoms with E-state index in [2.05, 4.69) is 20.8 Å². The van der Waals surface area contributed by atoms with Crippen LogP contribution in [0.3, 0.4) is 0 Å². The first-order valence-electron chi connectivity index (χ1n) is 8.27. The molecule has 0 aromatic heterocycles. The Kier molecular flexibility index (Phi) is 8.36. The van der Waals surface area contributed by atoms with Crippen LogP contribution in [0.15, 0.2) is 18.2 Å². The third-order valence-electron chi connectivity index (χ3n) is 4.27. The summed E-state index contributed by atoms with van der Waals surface area (Å²) < 4.78 is 39.9. The fourth-order valence-corrected chi connectivity index (χ4v) is 2.90. The minimum absolute atomic E-state index is 0.136. The lowest BCUT2D eigenvalue weighted by Gasteiger charge is -2.26. The van der Waals surface area contributed by atoms with E-state index in [9.17, 15) is 13.2 Å². The van der Waals surface area contributed by atoms with Crippen LogP contribution in [-0.4, -0.2) is 13.3 Å². The third kappa shape index (κ3) is 5.90. The zero-order valence-corrected chi connectivity index (χ0v) is 13.9. The molecular formula is C18H28F3N. The molecule has 0 radical (unpaired) electrons. The van der Waals surface area contributed by atoms with Crippen LogP contribution in [-0.2, 0) is 0 Å². The van der Waals surface area contributed by atoms with Crippen LogP contribution in [0, 0.1) is 23.5 Å². The minimum Gasteiger partial charge on any atom is -0.342 e. The Balaban J connectivity index is 2.58. The Morgan fingerprint density at radius 1 is 1.09 bits per heavy atom. The first-order valence-corrected chi connectivity index (χ1v) is 8.27. The van der Waals surface area contributed by atoms with Gasteiger partial charge in [-0.15, -0.1) is 0 Å². The molecule has 2 unspecified atom stereocenters. The van der Waals surface area contributed by atoms with Gasteiger partial charge in [0.15, 0.2) is 6.80 Å². The van der Waals surface area contributed by atoms with E-state index in [-0.39, 0.29) is 11.6 Å². The second-order valence-corrected chi connectivity index (χ2v) is 6.18. The van der Waals surface area contributed by atoms with Gasteiger partial charge in [-0.1, -0.05) is 46.5 Å². The lowest BCUT2D eigenvalue weighted by molar-refractivity contribution is 0.365. The van der Waals surface area contributed by atoms with Gasteiger partial charge in [0.05, 0.1) is 5.69 Å². The number of halogens is 3. The van der Waals surface area contributed by atoms with Gasteiger partial charge in [0.2, 0.25) is 0 Å². The maximum absolute atomic E-state index is 13.8. The monoisotopic (exact) mass is 315 g/mol. The molecule has 0 spiro atoms. The predicted molar refractivity (Wildman–Crippen MR) is 86.8 cm³/mol. The van der Waals surface area contributed by atoms with Crippen LogP contribution in [0.2, 0.25) is 0 Å². The average Bonchev–Trinajstić information content (AvgIpc) is 2.49. The summed E-state index contributed by atoms with van der Waals surface area (Å²) in [6.07, 6.45) is 5.70. The van der Waals surface area contributed by atoms with Crippen molar-refractivity contribution in [3.05, 3.63) is 29.8 Å². The summed E-state index contributed by atoms with van der Waals surface area (Å²) in [4.78, 5) is 1.35. The number of hydrogen-bond donors (Lipinski definition) is 0. The zero-order chi connectivity index (χ0) is 16.5. The summed E-state index contributed by atoms with van der Waals surface area (Å²) in [5.41, 5.74) is 0.136. The van der Waals surface area contributed by atoms with Gasteiger partial charge < -0.3 is 4.90 Å². The molecule has 0 N–H and O–H groups in total. The van der Waals surface area contributed by atoms with Crippen molar-refractivity contribution in [1.29, 1.82) is 0 Å². The largest absolute Gasteiger partial charge is 0.342 e. The van der Waals surface area contributed by atoms with Gasteiger partial charge in [-0.2, -0.15) is 0 Å². The van der Waals surface area contributed by atoms with E-state index in [1.165, 1.54) is 36.3 Å². The van der Waals surface area contributed by atoms with Crippen molar-refractivity contribution in [3.8, 4) is 0 Å². The highest BCUT2D eigenvalue weighted by Crippen LogP contribution is 2.24. The molecule has 0 aliphatic heterocycles. The molecule has 0 saturated heterocycles. The first-order chi connectivity index (χ1) is 10.5. The van der Waals surface area contributed by atoms with E-state index in [0.717, 1.165) is 18.9 Å². The number of alkyl halides is 1. The molecule has 22 heavy (non-hydrogen) atoms. The Morgan fingerprint density at radius 2 is 1.82 bits per heavy atom. The number of rotatable bonds is 10. The Morgan fingerprint density at radius 3 is 2.36 bits per heavy atom. The SMILES string of the molecule is CCCC(CC)CCC(C)CN(CF)c1ccc(F)cc1F. The Bertz CT molecular complexity index is 436. The Labute approximate surface area is 132 Å². The predicted octanol–water partition coefficient (Wildman–Crippen LogP) is 5.94. The van der Waals surface area contributed by atoms with E-state index in [4.69, 9.17) is 0 Å². The van der Waals surface area contributed by atoms with Crippen molar-refractivity contribution in [1.82, 2.24) is 0 Å². The average molecular weight is 315 g/mol. The van der Waals surface area contributed by atoms with Crippen molar-refractivity contribution >= 4 is 5.69 Å². The molecule has 1 rings (SSSR count). The van der Waals surface area contributed by atoms with E-state index in [1.807, 2.05) is 0 Å². The molecule has 0 aliphatic rings. The summed E-state index contributed by atoms with van der Waals surface area (Å²) >= 11 is 0. The van der Waals surface area contributed by atoms with Crippen LogP contribution >= 0.6 is 0 Å². The molecular weight excluding hydrogens is 287 g/mol. The highest BCUT2D eigenvalue weighted by Gasteiger charge is 2.16. The molecule has 0 bridgehead atoms. The molecule has 0 amide bonds. The maximum atomic E-state index is 13.8. The van der Waals surface area contributed by atoms with Gasteiger partial charge in [-0.25, -0.2) is 13.2 Å². The van der Waals surface area contributed by atoms with Gasteiger partial charge in [0.1, 0.15) is 11.6 Å². The van der Waals surface area contributed by atoms with Crippen molar-refractivity contribution < 1.29 is 13.2 Å². The molecule has 0 saturated carbocycles. The van der Waals surface area contributed by atoms with Gasteiger partial charge in [-0.3, -0.25) is 0 Å². The number of anilines is 1. The van der Waals surface area contributed by atoms with Crippen LogP contribution in [0.5, 0.6) is 0 Å². The summed E-state index contributed by atoms with van der Waals surface area (Å²) in [6, 6.07) is 3.28. The standard InChI is InChI=1S/C18H28F3N/c1-4-6-15(5-2)8-7-14(3)12-22(13-19)18-10-9-16(20)11-17(18)21/h9-11,14-15H,4-8,12-13H2,1-3H3. The smallest absolute Gasteiger partial charge is 0.162 e. The van der Waals surface area contributed by atoms with Crippen LogP contribution < -0.4 is 4.90 Å². The summed E-state index contributed by atoms with van der Waals surface area (Å²) in [7, 11) is 0. The van der Waals surface area contributed by atoms with Crippen molar-refractivity contribution in [3.63, 3.8) is 0 Å². The van der Waals surface area contributed by atoms with Gasteiger partial charge in [0, 0.05) is 12.6 Å². The third-order valence-corrected chi connectivity index (χ3v) is 4.27. The summed E-state index contributed by atoms with van der Waals surface area (Å²) in [6.45, 7) is 6.13. The number of benzene rings is 1. The summed E-state index contributed by atoms with van der Waals surface area (Å²) in [5.74, 6) is -0.360. The molecule has 0 fully saturated rings. The minimum atomic E-state index is -0.765. The highest BCUT2D eigenvalue weighted by atomic mass is 19.1. The Hall–Kier alpha value is -1.19. The van der Waals surface area contributed by atoms with E-state index < -0.39 is 18.4 Å². The fraction of sp³-hybridized carbons (Fsp3) is 0.667. The van der Waals surface area contributed by atoms with E-state index in [0.29, 0.717) is 12.5 Å². The lowest BCUT2D eigenvalue weighted by atomic mass is 9.91. The number of hydrogen-bond acceptors (Lipinski definition) is 1. The van der Waals surface area contributed by atoms with Crippen molar-refractivity contribution in [2.45, 2.75) is 52.9 Å². The normalized spacial score (nSPS) is 13.9. The molecule has 1 nitrogen and oxygen atoms in total. The molecule has 4 heteroatoms. The highest BCUT2D eigenvalue weighted by molar-refractivity contribution is 5.47. The molecule has 0 heterocycles. The molecule has 2 atom stereocenters. The molecule has 0 aliphatic carbocycles. The van der Waals surface area contributed by atoms with E-state index >= 15 is 0 Å². The molecule has 1 aromatic carbocycles. The quantitative estimate of drug-likeness (QED) is 0.483. The zero-order valence-electron chi connectivity index (χ0n) is 13.9. The van der Waals surface area contributed by atoms with Gasteiger partial charge >= 0.3 is 0 Å². The van der Waals surface area contributed by atoms with Crippen LogP contribution in [0.4, 0.5) is 18.9 Å². The number of nitrogens with zero attached hydrogens (tertiary/aromatic N) is 1. The lowest BCUT2D eigenvalue weighted by Crippen LogP contribution is -2.28. The second kappa shape index (κ2) is 9.75.